The van der Waals surface area contributed by atoms with Crippen molar-refractivity contribution in [2.45, 2.75) is 19.9 Å². The van der Waals surface area contributed by atoms with Gasteiger partial charge in [-0.1, -0.05) is 40.6 Å². The van der Waals surface area contributed by atoms with Crippen molar-refractivity contribution in [3.8, 4) is 5.75 Å². The summed E-state index contributed by atoms with van der Waals surface area (Å²) in [6.07, 6.45) is 0. The average molecular weight is 517 g/mol. The minimum atomic E-state index is -1.04. The molecular formula is C24H18Cl2N2O5S. The highest BCUT2D eigenvalue weighted by atomic mass is 35.5. The number of hydrogen-bond acceptors (Lipinski definition) is 7. The van der Waals surface area contributed by atoms with Gasteiger partial charge in [0.2, 0.25) is 0 Å². The van der Waals surface area contributed by atoms with Crippen LogP contribution in [0.25, 0.3) is 5.76 Å². The molecule has 34 heavy (non-hydrogen) atoms. The van der Waals surface area contributed by atoms with Crippen LogP contribution >= 0.6 is 34.5 Å². The molecule has 0 bridgehead atoms. The van der Waals surface area contributed by atoms with E-state index in [2.05, 4.69) is 4.98 Å². The number of aryl methyl sites for hydroxylation is 1. The van der Waals surface area contributed by atoms with E-state index in [9.17, 15) is 19.5 Å². The Morgan fingerprint density at radius 1 is 1.12 bits per heavy atom. The molecule has 0 spiro atoms. The number of anilines is 1. The predicted molar refractivity (Wildman–Crippen MR) is 131 cm³/mol. The number of ether oxygens (including phenoxy) is 1. The standard InChI is InChI=1S/C24H18Cl2N2O5S/c1-11-22(12(2)29)34-24(27-11)28-19(14-6-9-16(25)17(26)10-14)18(21(31)23(28)32)20(30)13-4-7-15(33-3)8-5-13/h4-10,19,30H,1-3H3/b20-18+. The van der Waals surface area contributed by atoms with Gasteiger partial charge in [-0.05, 0) is 48.9 Å². The third-order valence-corrected chi connectivity index (χ3v) is 7.38. The maximum absolute atomic E-state index is 13.2. The molecular weight excluding hydrogens is 499 g/mol. The van der Waals surface area contributed by atoms with E-state index in [4.69, 9.17) is 27.9 Å². The van der Waals surface area contributed by atoms with Crippen molar-refractivity contribution in [1.29, 1.82) is 0 Å². The third-order valence-electron chi connectivity index (χ3n) is 5.38. The third kappa shape index (κ3) is 4.09. The monoisotopic (exact) mass is 516 g/mol. The molecule has 1 aliphatic rings. The van der Waals surface area contributed by atoms with Crippen LogP contribution in [0.2, 0.25) is 10.0 Å². The number of halogens is 2. The zero-order valence-corrected chi connectivity index (χ0v) is 20.6. The highest BCUT2D eigenvalue weighted by molar-refractivity contribution is 7.18. The molecule has 2 aromatic carbocycles. The number of ketones is 2. The second-order valence-electron chi connectivity index (χ2n) is 7.54. The Morgan fingerprint density at radius 3 is 2.35 bits per heavy atom. The summed E-state index contributed by atoms with van der Waals surface area (Å²) in [5.74, 6) is -1.77. The molecule has 1 saturated heterocycles. The summed E-state index contributed by atoms with van der Waals surface area (Å²) in [5.41, 5.74) is 1.08. The van der Waals surface area contributed by atoms with Gasteiger partial charge in [0.25, 0.3) is 5.78 Å². The van der Waals surface area contributed by atoms with Crippen molar-refractivity contribution in [3.63, 3.8) is 0 Å². The zero-order chi connectivity index (χ0) is 24.7. The van der Waals surface area contributed by atoms with E-state index in [1.807, 2.05) is 0 Å². The second kappa shape index (κ2) is 9.21. The largest absolute Gasteiger partial charge is 0.507 e. The second-order valence-corrected chi connectivity index (χ2v) is 9.33. The lowest BCUT2D eigenvalue weighted by atomic mass is 9.95. The zero-order valence-electron chi connectivity index (χ0n) is 18.3. The number of benzene rings is 2. The predicted octanol–water partition coefficient (Wildman–Crippen LogP) is 5.60. The smallest absolute Gasteiger partial charge is 0.301 e. The number of carbonyl (C=O) groups is 3. The number of aliphatic hydroxyl groups is 1. The number of aliphatic hydroxyl groups excluding tert-OH is 1. The van der Waals surface area contributed by atoms with Crippen LogP contribution in [0.15, 0.2) is 48.0 Å². The van der Waals surface area contributed by atoms with Gasteiger partial charge in [-0.15, -0.1) is 0 Å². The molecule has 3 aromatic rings. The Balaban J connectivity index is 1.95. The molecule has 0 radical (unpaired) electrons. The summed E-state index contributed by atoms with van der Waals surface area (Å²) >= 11 is 13.3. The number of thiazole rings is 1. The fourth-order valence-corrected chi connectivity index (χ4v) is 5.04. The molecule has 1 atom stereocenters. The summed E-state index contributed by atoms with van der Waals surface area (Å²) in [7, 11) is 1.51. The van der Waals surface area contributed by atoms with Crippen LogP contribution in [0, 0.1) is 6.92 Å². The number of methoxy groups -OCH3 is 1. The number of amides is 1. The van der Waals surface area contributed by atoms with Crippen molar-refractivity contribution >= 4 is 62.9 Å². The molecule has 2 heterocycles. The van der Waals surface area contributed by atoms with E-state index < -0.39 is 17.7 Å². The summed E-state index contributed by atoms with van der Waals surface area (Å²) in [4.78, 5) is 44.3. The van der Waals surface area contributed by atoms with Crippen LogP contribution < -0.4 is 9.64 Å². The molecule has 10 heteroatoms. The van der Waals surface area contributed by atoms with Gasteiger partial charge in [-0.25, -0.2) is 4.98 Å². The molecule has 0 saturated carbocycles. The van der Waals surface area contributed by atoms with Gasteiger partial charge in [-0.2, -0.15) is 0 Å². The molecule has 7 nitrogen and oxygen atoms in total. The van der Waals surface area contributed by atoms with E-state index in [-0.39, 0.29) is 27.3 Å². The van der Waals surface area contributed by atoms with E-state index in [1.165, 1.54) is 25.0 Å². The van der Waals surface area contributed by atoms with E-state index >= 15 is 0 Å². The molecule has 1 fully saturated rings. The molecule has 174 valence electrons. The summed E-state index contributed by atoms with van der Waals surface area (Å²) in [6, 6.07) is 10.1. The van der Waals surface area contributed by atoms with Crippen LogP contribution in [0.1, 0.15) is 39.5 Å². The van der Waals surface area contributed by atoms with Gasteiger partial charge in [0, 0.05) is 12.5 Å². The molecule has 1 unspecified atom stereocenters. The van der Waals surface area contributed by atoms with Crippen LogP contribution in [-0.2, 0) is 9.59 Å². The highest BCUT2D eigenvalue weighted by Crippen LogP contribution is 2.44. The fourth-order valence-electron chi connectivity index (χ4n) is 3.74. The Bertz CT molecular complexity index is 1360. The molecule has 1 amide bonds. The van der Waals surface area contributed by atoms with Gasteiger partial charge in [0.05, 0.1) is 39.3 Å². The number of aromatic nitrogens is 1. The minimum absolute atomic E-state index is 0.134. The van der Waals surface area contributed by atoms with Crippen molar-refractivity contribution in [2.75, 3.05) is 12.0 Å². The molecule has 4 rings (SSSR count). The molecule has 0 aliphatic carbocycles. The molecule has 1 aliphatic heterocycles. The van der Waals surface area contributed by atoms with E-state index in [1.54, 1.807) is 43.3 Å². The minimum Gasteiger partial charge on any atom is -0.507 e. The van der Waals surface area contributed by atoms with Gasteiger partial charge in [-0.3, -0.25) is 19.3 Å². The number of Topliss-reactive ketones (excluding diaryl/α,β-unsaturated/α-hetero) is 2. The highest BCUT2D eigenvalue weighted by Gasteiger charge is 2.48. The number of nitrogens with zero attached hydrogens (tertiary/aromatic N) is 2. The number of carbonyl (C=O) groups excluding carboxylic acids is 3. The maximum atomic E-state index is 13.2. The lowest BCUT2D eigenvalue weighted by molar-refractivity contribution is -0.132. The van der Waals surface area contributed by atoms with E-state index in [0.29, 0.717) is 32.5 Å². The Morgan fingerprint density at radius 2 is 1.79 bits per heavy atom. The summed E-state index contributed by atoms with van der Waals surface area (Å²) < 4.78 is 5.15. The quantitative estimate of drug-likeness (QED) is 0.205. The van der Waals surface area contributed by atoms with Crippen LogP contribution in [0.3, 0.4) is 0 Å². The Labute approximate surface area is 209 Å². The fraction of sp³-hybridized carbons (Fsp3) is 0.167. The number of hydrogen-bond donors (Lipinski definition) is 1. The lowest BCUT2D eigenvalue weighted by Crippen LogP contribution is -2.29. The van der Waals surface area contributed by atoms with Gasteiger partial charge < -0.3 is 9.84 Å². The van der Waals surface area contributed by atoms with Gasteiger partial charge in [0.1, 0.15) is 11.5 Å². The van der Waals surface area contributed by atoms with Crippen molar-refractivity contribution in [1.82, 2.24) is 4.98 Å². The van der Waals surface area contributed by atoms with E-state index in [0.717, 1.165) is 11.3 Å². The van der Waals surface area contributed by atoms with Crippen molar-refractivity contribution in [3.05, 3.63) is 79.8 Å². The van der Waals surface area contributed by atoms with Gasteiger partial charge >= 0.3 is 5.91 Å². The first-order valence-electron chi connectivity index (χ1n) is 10.0. The van der Waals surface area contributed by atoms with Crippen LogP contribution in [0.5, 0.6) is 5.75 Å². The first kappa shape index (κ1) is 23.9. The molecule has 1 N–H and O–H groups in total. The van der Waals surface area contributed by atoms with Crippen molar-refractivity contribution < 1.29 is 24.2 Å². The SMILES string of the molecule is COc1ccc(/C(O)=C2\C(=O)C(=O)N(c3nc(C)c(C(C)=O)s3)C2c2ccc(Cl)c(Cl)c2)cc1. The lowest BCUT2D eigenvalue weighted by Gasteiger charge is -2.23. The maximum Gasteiger partial charge on any atom is 0.301 e. The topological polar surface area (TPSA) is 96.8 Å². The first-order valence-corrected chi connectivity index (χ1v) is 11.6. The Kier molecular flexibility index (Phi) is 6.49. The normalized spacial score (nSPS) is 17.3. The van der Waals surface area contributed by atoms with Crippen LogP contribution in [0.4, 0.5) is 5.13 Å². The van der Waals surface area contributed by atoms with Crippen LogP contribution in [-0.4, -0.2) is 34.7 Å². The molecule has 1 aromatic heterocycles. The summed E-state index contributed by atoms with van der Waals surface area (Å²) in [5, 5.41) is 11.8. The van der Waals surface area contributed by atoms with Crippen molar-refractivity contribution in [2.24, 2.45) is 0 Å². The van der Waals surface area contributed by atoms with Gasteiger partial charge in [0.15, 0.2) is 10.9 Å². The average Bonchev–Trinajstić information content (AvgIpc) is 3.32. The summed E-state index contributed by atoms with van der Waals surface area (Å²) in [6.45, 7) is 3.05. The first-order chi connectivity index (χ1) is 16.1. The number of rotatable bonds is 5. The Hall–Kier alpha value is -3.20.